The lowest BCUT2D eigenvalue weighted by atomic mass is 10.1. The van der Waals surface area contributed by atoms with Crippen LogP contribution >= 0.6 is 11.5 Å². The summed E-state index contributed by atoms with van der Waals surface area (Å²) in [5, 5.41) is 18.0. The molecule has 0 fully saturated rings. The average Bonchev–Trinajstić information content (AvgIpc) is 2.89. The highest BCUT2D eigenvalue weighted by Gasteiger charge is 2.05. The molecular formula is C12H12N4O3S. The van der Waals surface area contributed by atoms with Crippen LogP contribution in [0.4, 0.5) is 15.5 Å². The van der Waals surface area contributed by atoms with Crippen molar-refractivity contribution in [3.8, 4) is 0 Å². The Morgan fingerprint density at radius 2 is 2.15 bits per heavy atom. The lowest BCUT2D eigenvalue weighted by molar-refractivity contribution is -0.136. The Kier molecular flexibility index (Phi) is 4.61. The molecule has 104 valence electrons. The molecule has 0 atom stereocenters. The van der Waals surface area contributed by atoms with E-state index in [4.69, 9.17) is 5.11 Å². The van der Waals surface area contributed by atoms with E-state index < -0.39 is 12.0 Å². The van der Waals surface area contributed by atoms with Crippen molar-refractivity contribution in [3.05, 3.63) is 36.0 Å². The summed E-state index contributed by atoms with van der Waals surface area (Å²) >= 11 is 1.08. The molecule has 0 saturated carbocycles. The number of hydrogen-bond acceptors (Lipinski definition) is 5. The van der Waals surface area contributed by atoms with Crippen molar-refractivity contribution in [2.75, 3.05) is 10.6 Å². The zero-order valence-electron chi connectivity index (χ0n) is 10.4. The van der Waals surface area contributed by atoms with Gasteiger partial charge in [0.25, 0.3) is 0 Å². The van der Waals surface area contributed by atoms with Crippen LogP contribution in [0.5, 0.6) is 0 Å². The number of amides is 2. The summed E-state index contributed by atoms with van der Waals surface area (Å²) in [7, 11) is 0. The minimum Gasteiger partial charge on any atom is -0.481 e. The minimum absolute atomic E-state index is 0.0577. The lowest BCUT2D eigenvalue weighted by Crippen LogP contribution is -2.18. The van der Waals surface area contributed by atoms with Gasteiger partial charge in [-0.15, -0.1) is 5.10 Å². The SMILES string of the molecule is O=C(O)CCc1cccc(NC(=O)Nc2cnns2)c1. The third kappa shape index (κ3) is 4.32. The monoisotopic (exact) mass is 292 g/mol. The maximum absolute atomic E-state index is 11.7. The molecule has 0 saturated heterocycles. The number of anilines is 2. The van der Waals surface area contributed by atoms with Gasteiger partial charge in [0.1, 0.15) is 5.00 Å². The molecule has 2 amide bonds. The van der Waals surface area contributed by atoms with Crippen LogP contribution in [0.2, 0.25) is 0 Å². The Hall–Kier alpha value is -2.48. The Morgan fingerprint density at radius 3 is 2.85 bits per heavy atom. The molecule has 0 aliphatic rings. The summed E-state index contributed by atoms with van der Waals surface area (Å²) < 4.78 is 3.63. The van der Waals surface area contributed by atoms with Gasteiger partial charge in [-0.1, -0.05) is 16.6 Å². The fourth-order valence-electron chi connectivity index (χ4n) is 1.55. The van der Waals surface area contributed by atoms with E-state index in [1.54, 1.807) is 18.2 Å². The summed E-state index contributed by atoms with van der Waals surface area (Å²) in [6.07, 6.45) is 1.93. The van der Waals surface area contributed by atoms with Crippen molar-refractivity contribution in [2.45, 2.75) is 12.8 Å². The van der Waals surface area contributed by atoms with Crippen LogP contribution in [0.1, 0.15) is 12.0 Å². The fourth-order valence-corrected chi connectivity index (χ4v) is 1.97. The third-order valence-electron chi connectivity index (χ3n) is 2.41. The summed E-state index contributed by atoms with van der Waals surface area (Å²) in [5.41, 5.74) is 1.45. The fraction of sp³-hybridized carbons (Fsp3) is 0.167. The number of rotatable bonds is 5. The van der Waals surface area contributed by atoms with E-state index in [1.165, 1.54) is 6.20 Å². The molecule has 20 heavy (non-hydrogen) atoms. The quantitative estimate of drug-likeness (QED) is 0.783. The standard InChI is InChI=1S/C12H12N4O3S/c17-11(18)5-4-8-2-1-3-9(6-8)14-12(19)15-10-7-13-16-20-10/h1-3,6-7H,4-5H2,(H,17,18)(H2,14,15,19). The van der Waals surface area contributed by atoms with Crippen LogP contribution in [0.3, 0.4) is 0 Å². The summed E-state index contributed by atoms with van der Waals surface area (Å²) in [6.45, 7) is 0. The van der Waals surface area contributed by atoms with E-state index in [2.05, 4.69) is 20.2 Å². The van der Waals surface area contributed by atoms with E-state index >= 15 is 0 Å². The molecule has 7 nitrogen and oxygen atoms in total. The minimum atomic E-state index is -0.848. The molecule has 8 heteroatoms. The van der Waals surface area contributed by atoms with E-state index in [1.807, 2.05) is 6.07 Å². The number of hydrogen-bond donors (Lipinski definition) is 3. The largest absolute Gasteiger partial charge is 0.481 e. The zero-order chi connectivity index (χ0) is 14.4. The Morgan fingerprint density at radius 1 is 1.30 bits per heavy atom. The van der Waals surface area contributed by atoms with E-state index in [9.17, 15) is 9.59 Å². The number of nitrogens with one attached hydrogen (secondary N) is 2. The average molecular weight is 292 g/mol. The first-order chi connectivity index (χ1) is 9.63. The maximum Gasteiger partial charge on any atom is 0.324 e. The van der Waals surface area contributed by atoms with E-state index in [0.717, 1.165) is 17.1 Å². The third-order valence-corrected chi connectivity index (χ3v) is 2.99. The zero-order valence-corrected chi connectivity index (χ0v) is 11.2. The first-order valence-electron chi connectivity index (χ1n) is 5.79. The molecule has 1 aromatic heterocycles. The van der Waals surface area contributed by atoms with Crippen molar-refractivity contribution in [1.82, 2.24) is 9.59 Å². The summed E-state index contributed by atoms with van der Waals surface area (Å²) in [6, 6.07) is 6.66. The van der Waals surface area contributed by atoms with Gasteiger partial charge in [0.2, 0.25) is 0 Å². The smallest absolute Gasteiger partial charge is 0.324 e. The van der Waals surface area contributed by atoms with Gasteiger partial charge in [0, 0.05) is 23.6 Å². The van der Waals surface area contributed by atoms with Gasteiger partial charge in [-0.25, -0.2) is 4.79 Å². The molecule has 0 aliphatic heterocycles. The number of carboxylic acid groups (broad SMARTS) is 1. The number of carbonyl (C=O) groups excluding carboxylic acids is 1. The molecule has 0 radical (unpaired) electrons. The van der Waals surface area contributed by atoms with Crippen molar-refractivity contribution < 1.29 is 14.7 Å². The molecule has 0 bridgehead atoms. The molecule has 0 aliphatic carbocycles. The van der Waals surface area contributed by atoms with Gasteiger partial charge in [-0.2, -0.15) is 0 Å². The van der Waals surface area contributed by atoms with E-state index in [-0.39, 0.29) is 6.42 Å². The number of carboxylic acids is 1. The highest BCUT2D eigenvalue weighted by atomic mass is 32.1. The van der Waals surface area contributed by atoms with Gasteiger partial charge < -0.3 is 10.4 Å². The van der Waals surface area contributed by atoms with Crippen molar-refractivity contribution in [1.29, 1.82) is 0 Å². The Labute approximate surface area is 118 Å². The highest BCUT2D eigenvalue weighted by molar-refractivity contribution is 7.10. The van der Waals surface area contributed by atoms with Gasteiger partial charge >= 0.3 is 12.0 Å². The van der Waals surface area contributed by atoms with Crippen molar-refractivity contribution >= 4 is 34.2 Å². The predicted molar refractivity (Wildman–Crippen MR) is 74.9 cm³/mol. The first kappa shape index (κ1) is 13.9. The predicted octanol–water partition coefficient (Wildman–Crippen LogP) is 2.20. The molecule has 2 aromatic rings. The maximum atomic E-state index is 11.7. The molecule has 0 unspecified atom stereocenters. The number of benzene rings is 1. The van der Waals surface area contributed by atoms with Crippen LogP contribution in [0.15, 0.2) is 30.5 Å². The number of carbonyl (C=O) groups is 2. The molecule has 3 N–H and O–H groups in total. The second-order valence-corrected chi connectivity index (χ2v) is 4.74. The molecule has 2 rings (SSSR count). The van der Waals surface area contributed by atoms with Gasteiger partial charge in [-0.3, -0.25) is 10.1 Å². The summed E-state index contributed by atoms with van der Waals surface area (Å²) in [5.74, 6) is -0.848. The van der Waals surface area contributed by atoms with Gasteiger partial charge in [0.05, 0.1) is 6.20 Å². The van der Waals surface area contributed by atoms with Crippen molar-refractivity contribution in [3.63, 3.8) is 0 Å². The van der Waals surface area contributed by atoms with E-state index in [0.29, 0.717) is 17.1 Å². The number of urea groups is 1. The number of aromatic nitrogens is 2. The van der Waals surface area contributed by atoms with Crippen LogP contribution < -0.4 is 10.6 Å². The highest BCUT2D eigenvalue weighted by Crippen LogP contribution is 2.14. The van der Waals surface area contributed by atoms with Gasteiger partial charge in [0.15, 0.2) is 0 Å². The number of aryl methyl sites for hydroxylation is 1. The van der Waals surface area contributed by atoms with Crippen LogP contribution in [-0.2, 0) is 11.2 Å². The van der Waals surface area contributed by atoms with Crippen LogP contribution in [0.25, 0.3) is 0 Å². The van der Waals surface area contributed by atoms with Crippen LogP contribution in [0, 0.1) is 0 Å². The molecule has 1 aromatic carbocycles. The lowest BCUT2D eigenvalue weighted by Gasteiger charge is -2.07. The second-order valence-electron chi connectivity index (χ2n) is 3.95. The van der Waals surface area contributed by atoms with Crippen LogP contribution in [-0.4, -0.2) is 26.7 Å². The normalized spacial score (nSPS) is 10.0. The van der Waals surface area contributed by atoms with Crippen molar-refractivity contribution in [2.24, 2.45) is 0 Å². The Bertz CT molecular complexity index is 601. The summed E-state index contributed by atoms with van der Waals surface area (Å²) in [4.78, 5) is 22.2. The topological polar surface area (TPSA) is 104 Å². The number of aliphatic carboxylic acids is 1. The first-order valence-corrected chi connectivity index (χ1v) is 6.57. The molecular weight excluding hydrogens is 280 g/mol. The Balaban J connectivity index is 1.93. The molecule has 0 spiro atoms. The number of nitrogens with zero attached hydrogens (tertiary/aromatic N) is 2. The second kappa shape index (κ2) is 6.62. The van der Waals surface area contributed by atoms with Gasteiger partial charge in [-0.05, 0) is 24.1 Å². The molecule has 1 heterocycles.